The molecule has 0 aromatic rings. The van der Waals surface area contributed by atoms with Gasteiger partial charge in [-0.2, -0.15) is 0 Å². The molecule has 0 aliphatic carbocycles. The first-order valence-electron chi connectivity index (χ1n) is 5.44. The second kappa shape index (κ2) is 4.38. The van der Waals surface area contributed by atoms with Gasteiger partial charge in [-0.05, 0) is 0 Å². The molecule has 0 atom stereocenters. The molecular formula is C12H22OSe. The van der Waals surface area contributed by atoms with Gasteiger partial charge in [0.25, 0.3) is 0 Å². The molecule has 0 aromatic heterocycles. The number of ether oxygens (including phenoxy) is 1. The Morgan fingerprint density at radius 3 is 2.36 bits per heavy atom. The van der Waals surface area contributed by atoms with Gasteiger partial charge in [0, 0.05) is 0 Å². The fourth-order valence-electron chi connectivity index (χ4n) is 1.77. The molecule has 2 heteroatoms. The van der Waals surface area contributed by atoms with Crippen LogP contribution < -0.4 is 0 Å². The van der Waals surface area contributed by atoms with Gasteiger partial charge in [-0.15, -0.1) is 0 Å². The molecule has 0 spiro atoms. The molecule has 0 radical (unpaired) electrons. The van der Waals surface area contributed by atoms with Crippen LogP contribution in [0.15, 0.2) is 10.5 Å². The number of rotatable bonds is 4. The predicted octanol–water partition coefficient (Wildman–Crippen LogP) is 3.38. The Kier molecular flexibility index (Phi) is 3.85. The van der Waals surface area contributed by atoms with Crippen molar-refractivity contribution in [1.82, 2.24) is 0 Å². The Morgan fingerprint density at radius 2 is 1.93 bits per heavy atom. The first-order chi connectivity index (χ1) is 6.37. The van der Waals surface area contributed by atoms with Crippen LogP contribution in [0, 0.1) is 0 Å². The first kappa shape index (κ1) is 12.3. The van der Waals surface area contributed by atoms with E-state index in [1.807, 2.05) is 0 Å². The molecule has 0 amide bonds. The molecule has 0 aromatic carbocycles. The molecule has 1 nitrogen and oxygen atoms in total. The molecule has 0 saturated carbocycles. The normalized spacial score (nSPS) is 23.6. The van der Waals surface area contributed by atoms with Crippen LogP contribution in [0.2, 0.25) is 5.32 Å². The van der Waals surface area contributed by atoms with E-state index in [-0.39, 0.29) is 11.2 Å². The maximum absolute atomic E-state index is 6.00. The molecule has 0 N–H and O–H groups in total. The van der Waals surface area contributed by atoms with Crippen molar-refractivity contribution in [1.29, 1.82) is 0 Å². The van der Waals surface area contributed by atoms with E-state index in [2.05, 4.69) is 40.7 Å². The Morgan fingerprint density at radius 1 is 1.29 bits per heavy atom. The summed E-state index contributed by atoms with van der Waals surface area (Å²) in [6.07, 6.45) is 5.00. The van der Waals surface area contributed by atoms with Crippen LogP contribution in [-0.4, -0.2) is 26.2 Å². The number of hydrogen-bond acceptors (Lipinski definition) is 1. The third kappa shape index (κ3) is 3.12. The zero-order chi connectivity index (χ0) is 10.8. The molecule has 0 unspecified atom stereocenters. The van der Waals surface area contributed by atoms with Crippen LogP contribution in [0.5, 0.6) is 0 Å². The third-order valence-corrected chi connectivity index (χ3v) is 5.31. The number of hydrogen-bond donors (Lipinski definition) is 0. The van der Waals surface area contributed by atoms with Crippen LogP contribution in [0.3, 0.4) is 0 Å². The monoisotopic (exact) mass is 262 g/mol. The van der Waals surface area contributed by atoms with Gasteiger partial charge in [-0.1, -0.05) is 0 Å². The van der Waals surface area contributed by atoms with Crippen LogP contribution in [0.4, 0.5) is 0 Å². The van der Waals surface area contributed by atoms with Crippen molar-refractivity contribution >= 4 is 15.0 Å². The average Bonchev–Trinajstić information content (AvgIpc) is 2.20. The zero-order valence-corrected chi connectivity index (χ0v) is 11.7. The van der Waals surface area contributed by atoms with Gasteiger partial charge in [0.1, 0.15) is 0 Å². The van der Waals surface area contributed by atoms with Gasteiger partial charge in [0.15, 0.2) is 0 Å². The van der Waals surface area contributed by atoms with Crippen molar-refractivity contribution in [2.24, 2.45) is 0 Å². The van der Waals surface area contributed by atoms with E-state index in [0.29, 0.717) is 15.0 Å². The summed E-state index contributed by atoms with van der Waals surface area (Å²) in [7, 11) is 0. The molecule has 1 aliphatic heterocycles. The second-order valence-electron chi connectivity index (χ2n) is 4.93. The van der Waals surface area contributed by atoms with Gasteiger partial charge in [0.05, 0.1) is 0 Å². The van der Waals surface area contributed by atoms with Gasteiger partial charge in [0.2, 0.25) is 0 Å². The van der Waals surface area contributed by atoms with Crippen LogP contribution in [0.1, 0.15) is 47.5 Å². The standard InChI is InChI=1S/C12H22OSe/c1-6-7-8-14-10-9-11(2,3)13-12(10,4)5/h9H,6-8H2,1-5H3. The first-order valence-corrected chi connectivity index (χ1v) is 7.50. The van der Waals surface area contributed by atoms with Gasteiger partial charge < -0.3 is 0 Å². The van der Waals surface area contributed by atoms with E-state index in [1.54, 1.807) is 4.47 Å². The average molecular weight is 261 g/mol. The van der Waals surface area contributed by atoms with Gasteiger partial charge >= 0.3 is 94.2 Å². The molecule has 1 aliphatic rings. The SMILES string of the molecule is CCCC[Se]C1=CC(C)(C)OC1(C)C. The van der Waals surface area contributed by atoms with E-state index >= 15 is 0 Å². The van der Waals surface area contributed by atoms with Crippen molar-refractivity contribution in [2.45, 2.75) is 64.0 Å². The Balaban J connectivity index is 2.57. The van der Waals surface area contributed by atoms with E-state index in [4.69, 9.17) is 4.74 Å². The molecular weight excluding hydrogens is 239 g/mol. The molecule has 1 rings (SSSR count). The Bertz CT molecular complexity index is 228. The van der Waals surface area contributed by atoms with Gasteiger partial charge in [-0.3, -0.25) is 0 Å². The number of unbranched alkanes of at least 4 members (excludes halogenated alkanes) is 1. The van der Waals surface area contributed by atoms with E-state index in [0.717, 1.165) is 0 Å². The summed E-state index contributed by atoms with van der Waals surface area (Å²) in [4.78, 5) is 0. The van der Waals surface area contributed by atoms with Crippen LogP contribution in [-0.2, 0) is 4.74 Å². The quantitative estimate of drug-likeness (QED) is 0.557. The minimum atomic E-state index is -0.0488. The summed E-state index contributed by atoms with van der Waals surface area (Å²) in [5, 5.41) is 1.36. The summed E-state index contributed by atoms with van der Waals surface area (Å²) in [6.45, 7) is 10.9. The molecule has 82 valence electrons. The van der Waals surface area contributed by atoms with Crippen molar-refractivity contribution in [2.75, 3.05) is 0 Å². The van der Waals surface area contributed by atoms with Crippen LogP contribution >= 0.6 is 0 Å². The predicted molar refractivity (Wildman–Crippen MR) is 62.8 cm³/mol. The van der Waals surface area contributed by atoms with Crippen molar-refractivity contribution in [3.63, 3.8) is 0 Å². The summed E-state index contributed by atoms with van der Waals surface area (Å²) < 4.78 is 7.55. The zero-order valence-electron chi connectivity index (χ0n) is 10.0. The summed E-state index contributed by atoms with van der Waals surface area (Å²) >= 11 is 0.632. The third-order valence-electron chi connectivity index (χ3n) is 2.35. The Labute approximate surface area is 94.5 Å². The van der Waals surface area contributed by atoms with E-state index in [9.17, 15) is 0 Å². The van der Waals surface area contributed by atoms with Crippen molar-refractivity contribution < 1.29 is 4.74 Å². The summed E-state index contributed by atoms with van der Waals surface area (Å²) in [6, 6.07) is 0. The maximum atomic E-state index is 6.00. The molecule has 1 heterocycles. The summed E-state index contributed by atoms with van der Waals surface area (Å²) in [5.74, 6) is 0. The van der Waals surface area contributed by atoms with Crippen molar-refractivity contribution in [3.8, 4) is 0 Å². The van der Waals surface area contributed by atoms with E-state index in [1.165, 1.54) is 18.2 Å². The van der Waals surface area contributed by atoms with Crippen LogP contribution in [0.25, 0.3) is 0 Å². The summed E-state index contributed by atoms with van der Waals surface area (Å²) in [5.41, 5.74) is -0.0654. The molecule has 14 heavy (non-hydrogen) atoms. The fraction of sp³-hybridized carbons (Fsp3) is 0.833. The van der Waals surface area contributed by atoms with Gasteiger partial charge in [-0.25, -0.2) is 0 Å². The van der Waals surface area contributed by atoms with E-state index < -0.39 is 0 Å². The fourth-order valence-corrected chi connectivity index (χ4v) is 4.73. The minimum absolute atomic E-state index is 0.0166. The molecule has 0 bridgehead atoms. The molecule has 0 saturated heterocycles. The second-order valence-corrected chi connectivity index (χ2v) is 7.31. The topological polar surface area (TPSA) is 9.23 Å². The molecule has 0 fully saturated rings. The Hall–Kier alpha value is 0.219. The van der Waals surface area contributed by atoms with Crippen molar-refractivity contribution in [3.05, 3.63) is 10.5 Å².